The highest BCUT2D eigenvalue weighted by atomic mass is 16.2. The predicted molar refractivity (Wildman–Crippen MR) is 92.4 cm³/mol. The summed E-state index contributed by atoms with van der Waals surface area (Å²) < 4.78 is 1.97. The fourth-order valence-corrected chi connectivity index (χ4v) is 2.81. The lowest BCUT2D eigenvalue weighted by Crippen LogP contribution is -2.26. The number of rotatable bonds is 5. The van der Waals surface area contributed by atoms with Gasteiger partial charge in [-0.15, -0.1) is 0 Å². The first-order valence-electron chi connectivity index (χ1n) is 7.92. The van der Waals surface area contributed by atoms with Gasteiger partial charge in [-0.2, -0.15) is 0 Å². The van der Waals surface area contributed by atoms with E-state index in [1.165, 1.54) is 0 Å². The lowest BCUT2D eigenvalue weighted by Gasteiger charge is -2.20. The molecule has 0 spiro atoms. The van der Waals surface area contributed by atoms with Crippen LogP contribution in [0.1, 0.15) is 32.1 Å². The summed E-state index contributed by atoms with van der Waals surface area (Å²) >= 11 is 0. The number of aryl methyl sites for hydroxylation is 1. The molecule has 0 bridgehead atoms. The van der Waals surface area contributed by atoms with E-state index >= 15 is 0 Å². The molecule has 0 saturated carbocycles. The summed E-state index contributed by atoms with van der Waals surface area (Å²) in [5.74, 6) is 1.31. The van der Waals surface area contributed by atoms with Crippen LogP contribution in [0.4, 0.5) is 5.69 Å². The van der Waals surface area contributed by atoms with Crippen molar-refractivity contribution in [1.82, 2.24) is 14.5 Å². The maximum absolute atomic E-state index is 12.7. The van der Waals surface area contributed by atoms with Crippen LogP contribution in [0, 0.1) is 12.8 Å². The van der Waals surface area contributed by atoms with Gasteiger partial charge in [0.1, 0.15) is 11.9 Å². The summed E-state index contributed by atoms with van der Waals surface area (Å²) in [5, 5.41) is 3.03. The Morgan fingerprint density at radius 1 is 1.30 bits per heavy atom. The zero-order chi connectivity index (χ0) is 16.4. The molecule has 1 aromatic carbocycles. The second-order valence-electron chi connectivity index (χ2n) is 6.32. The summed E-state index contributed by atoms with van der Waals surface area (Å²) in [7, 11) is 0. The molecule has 1 amide bonds. The highest BCUT2D eigenvalue weighted by Gasteiger charge is 2.21. The zero-order valence-electron chi connectivity index (χ0n) is 13.7. The second kappa shape index (κ2) is 6.28. The van der Waals surface area contributed by atoms with Gasteiger partial charge >= 0.3 is 0 Å². The molecule has 1 atom stereocenters. The van der Waals surface area contributed by atoms with Crippen LogP contribution in [0.2, 0.25) is 0 Å². The Bertz CT molecular complexity index is 802. The van der Waals surface area contributed by atoms with Gasteiger partial charge in [-0.05, 0) is 49.6 Å². The lowest BCUT2D eigenvalue weighted by molar-refractivity contribution is -0.119. The van der Waals surface area contributed by atoms with E-state index in [2.05, 4.69) is 29.1 Å². The van der Waals surface area contributed by atoms with Crippen LogP contribution in [-0.4, -0.2) is 20.4 Å². The molecule has 0 aliphatic heterocycles. The van der Waals surface area contributed by atoms with Crippen molar-refractivity contribution >= 4 is 22.6 Å². The number of nitrogens with zero attached hydrogens (tertiary/aromatic N) is 2. The number of aromatic nitrogens is 3. The minimum absolute atomic E-state index is 0.00508. The van der Waals surface area contributed by atoms with Crippen LogP contribution in [0.3, 0.4) is 0 Å². The molecule has 3 aromatic rings. The summed E-state index contributed by atoms with van der Waals surface area (Å²) in [6.07, 6.45) is 4.67. The SMILES string of the molecule is Cc1nc2ccc(NC(=O)[C@@H](CC(C)C)n3cccc3)cc2[nH]1. The minimum Gasteiger partial charge on any atom is -0.342 e. The molecule has 2 aromatic heterocycles. The summed E-state index contributed by atoms with van der Waals surface area (Å²) in [6, 6.07) is 9.42. The van der Waals surface area contributed by atoms with Crippen molar-refractivity contribution < 1.29 is 4.79 Å². The Morgan fingerprint density at radius 2 is 2.04 bits per heavy atom. The Hall–Kier alpha value is -2.56. The number of carbonyl (C=O) groups excluding carboxylic acids is 1. The van der Waals surface area contributed by atoms with Gasteiger partial charge in [0, 0.05) is 18.1 Å². The lowest BCUT2D eigenvalue weighted by atomic mass is 10.0. The van der Waals surface area contributed by atoms with E-state index in [0.29, 0.717) is 5.92 Å². The predicted octanol–water partition coefficient (Wildman–Crippen LogP) is 3.90. The summed E-state index contributed by atoms with van der Waals surface area (Å²) in [6.45, 7) is 6.18. The molecular formula is C18H22N4O. The summed E-state index contributed by atoms with van der Waals surface area (Å²) in [4.78, 5) is 20.3. The zero-order valence-corrected chi connectivity index (χ0v) is 13.7. The topological polar surface area (TPSA) is 62.7 Å². The van der Waals surface area contributed by atoms with E-state index in [4.69, 9.17) is 0 Å². The van der Waals surface area contributed by atoms with Gasteiger partial charge in [0.2, 0.25) is 5.91 Å². The highest BCUT2D eigenvalue weighted by molar-refractivity contribution is 5.95. The molecular weight excluding hydrogens is 288 g/mol. The average molecular weight is 310 g/mol. The van der Waals surface area contributed by atoms with Crippen LogP contribution < -0.4 is 5.32 Å². The van der Waals surface area contributed by atoms with Crippen molar-refractivity contribution in [3.8, 4) is 0 Å². The number of aromatic amines is 1. The minimum atomic E-state index is -0.204. The number of imidazole rings is 1. The van der Waals surface area contributed by atoms with E-state index in [-0.39, 0.29) is 11.9 Å². The van der Waals surface area contributed by atoms with E-state index in [0.717, 1.165) is 29.0 Å². The molecule has 0 aliphatic carbocycles. The van der Waals surface area contributed by atoms with Gasteiger partial charge in [-0.1, -0.05) is 13.8 Å². The molecule has 5 nitrogen and oxygen atoms in total. The molecule has 0 aliphatic rings. The fraction of sp³-hybridized carbons (Fsp3) is 0.333. The van der Waals surface area contributed by atoms with Gasteiger partial charge in [0.25, 0.3) is 0 Å². The number of fused-ring (bicyclic) bond motifs is 1. The van der Waals surface area contributed by atoms with Gasteiger partial charge < -0.3 is 14.9 Å². The quantitative estimate of drug-likeness (QED) is 0.750. The van der Waals surface area contributed by atoms with Crippen molar-refractivity contribution in [1.29, 1.82) is 0 Å². The van der Waals surface area contributed by atoms with Crippen molar-refractivity contribution in [3.05, 3.63) is 48.5 Å². The summed E-state index contributed by atoms with van der Waals surface area (Å²) in [5.41, 5.74) is 2.62. The maximum atomic E-state index is 12.7. The smallest absolute Gasteiger partial charge is 0.247 e. The standard InChI is InChI=1S/C18H22N4O/c1-12(2)10-17(22-8-4-5-9-22)18(23)21-14-6-7-15-16(11-14)20-13(3)19-15/h4-9,11-12,17H,10H2,1-3H3,(H,19,20)(H,21,23)/t17-/m1/s1. The van der Waals surface area contributed by atoms with Crippen LogP contribution in [0.5, 0.6) is 0 Å². The number of H-pyrrole nitrogens is 1. The molecule has 0 radical (unpaired) electrons. The molecule has 2 heterocycles. The molecule has 0 fully saturated rings. The van der Waals surface area contributed by atoms with E-state index < -0.39 is 0 Å². The van der Waals surface area contributed by atoms with Gasteiger partial charge in [-0.25, -0.2) is 4.98 Å². The molecule has 120 valence electrons. The number of anilines is 1. The number of benzene rings is 1. The van der Waals surface area contributed by atoms with Gasteiger partial charge in [0.05, 0.1) is 11.0 Å². The number of nitrogens with one attached hydrogen (secondary N) is 2. The Morgan fingerprint density at radius 3 is 2.74 bits per heavy atom. The van der Waals surface area contributed by atoms with E-state index in [9.17, 15) is 4.79 Å². The van der Waals surface area contributed by atoms with Crippen LogP contribution in [0.15, 0.2) is 42.7 Å². The molecule has 3 rings (SSSR count). The molecule has 5 heteroatoms. The number of carbonyl (C=O) groups is 1. The van der Waals surface area contributed by atoms with Gasteiger partial charge in [0.15, 0.2) is 0 Å². The second-order valence-corrected chi connectivity index (χ2v) is 6.32. The third kappa shape index (κ3) is 3.44. The van der Waals surface area contributed by atoms with Crippen LogP contribution >= 0.6 is 0 Å². The first-order chi connectivity index (χ1) is 11.0. The monoisotopic (exact) mass is 310 g/mol. The van der Waals surface area contributed by atoms with Crippen LogP contribution in [-0.2, 0) is 4.79 Å². The Balaban J connectivity index is 1.82. The third-order valence-electron chi connectivity index (χ3n) is 3.85. The van der Waals surface area contributed by atoms with Crippen molar-refractivity contribution in [2.24, 2.45) is 5.92 Å². The van der Waals surface area contributed by atoms with Crippen molar-refractivity contribution in [2.75, 3.05) is 5.32 Å². The largest absolute Gasteiger partial charge is 0.342 e. The average Bonchev–Trinajstić information content (AvgIpc) is 3.12. The van der Waals surface area contributed by atoms with Crippen molar-refractivity contribution in [3.63, 3.8) is 0 Å². The molecule has 0 saturated heterocycles. The molecule has 23 heavy (non-hydrogen) atoms. The molecule has 2 N–H and O–H groups in total. The normalized spacial score (nSPS) is 12.7. The van der Waals surface area contributed by atoms with Gasteiger partial charge in [-0.3, -0.25) is 4.79 Å². The maximum Gasteiger partial charge on any atom is 0.247 e. The first kappa shape index (κ1) is 15.3. The van der Waals surface area contributed by atoms with E-state index in [1.807, 2.05) is 54.2 Å². The number of amides is 1. The van der Waals surface area contributed by atoms with Crippen molar-refractivity contribution in [2.45, 2.75) is 33.2 Å². The molecule has 0 unspecified atom stereocenters. The fourth-order valence-electron chi connectivity index (χ4n) is 2.81. The first-order valence-corrected chi connectivity index (χ1v) is 7.92. The van der Waals surface area contributed by atoms with E-state index in [1.54, 1.807) is 0 Å². The number of hydrogen-bond acceptors (Lipinski definition) is 2. The highest BCUT2D eigenvalue weighted by Crippen LogP contribution is 2.22. The number of hydrogen-bond donors (Lipinski definition) is 2. The Kier molecular flexibility index (Phi) is 4.19. The third-order valence-corrected chi connectivity index (χ3v) is 3.85. The Labute approximate surface area is 135 Å². The van der Waals surface area contributed by atoms with Crippen LogP contribution in [0.25, 0.3) is 11.0 Å².